The first kappa shape index (κ1) is 13.9. The zero-order valence-corrected chi connectivity index (χ0v) is 10.1. The maximum atomic E-state index is 11.9. The number of benzene rings is 2. The lowest BCUT2D eigenvalue weighted by atomic mass is 10.1. The lowest BCUT2D eigenvalue weighted by molar-refractivity contribution is 0.108. The van der Waals surface area contributed by atoms with E-state index >= 15 is 0 Å². The van der Waals surface area contributed by atoms with Gasteiger partial charge in [-0.2, -0.15) is 5.26 Å². The van der Waals surface area contributed by atoms with E-state index in [1.54, 1.807) is 36.4 Å². The lowest BCUT2D eigenvalue weighted by Gasteiger charge is -1.91. The fraction of sp³-hybridized carbons (Fsp3) is 0. The van der Waals surface area contributed by atoms with Crippen LogP contribution in [0, 0.1) is 17.1 Å². The zero-order valence-electron chi connectivity index (χ0n) is 9.31. The van der Waals surface area contributed by atoms with Crippen LogP contribution in [0.4, 0.5) is 4.39 Å². The highest BCUT2D eigenvalue weighted by Gasteiger charge is 2.00. The van der Waals surface area contributed by atoms with Crippen LogP contribution >= 0.6 is 11.6 Å². The summed E-state index contributed by atoms with van der Waals surface area (Å²) >= 11 is 5.18. The van der Waals surface area contributed by atoms with E-state index in [1.807, 2.05) is 6.07 Å². The van der Waals surface area contributed by atoms with Gasteiger partial charge in [0.2, 0.25) is 0 Å². The Balaban J connectivity index is 0.000000199. The Bertz CT molecular complexity index is 564. The zero-order chi connectivity index (χ0) is 13.4. The molecule has 0 aliphatic carbocycles. The van der Waals surface area contributed by atoms with Crippen molar-refractivity contribution >= 4 is 16.8 Å². The Morgan fingerprint density at radius 3 is 2.22 bits per heavy atom. The van der Waals surface area contributed by atoms with E-state index in [9.17, 15) is 9.18 Å². The van der Waals surface area contributed by atoms with Crippen molar-refractivity contribution in [3.8, 4) is 6.07 Å². The maximum Gasteiger partial charge on any atom is 0.252 e. The van der Waals surface area contributed by atoms with Crippen molar-refractivity contribution in [2.24, 2.45) is 0 Å². The first-order chi connectivity index (χ1) is 8.63. The number of hydrogen-bond acceptors (Lipinski definition) is 2. The summed E-state index contributed by atoms with van der Waals surface area (Å²) in [4.78, 5) is 10.6. The Labute approximate surface area is 109 Å². The molecular weight excluding hydrogens is 253 g/mol. The van der Waals surface area contributed by atoms with Gasteiger partial charge in [-0.05, 0) is 35.9 Å². The Morgan fingerprint density at radius 1 is 1.11 bits per heavy atom. The predicted molar refractivity (Wildman–Crippen MR) is 67.7 cm³/mol. The number of hydrogen-bond donors (Lipinski definition) is 0. The number of rotatable bonds is 1. The van der Waals surface area contributed by atoms with Crippen LogP contribution in [0.3, 0.4) is 0 Å². The largest absolute Gasteiger partial charge is 0.276 e. The van der Waals surface area contributed by atoms with Crippen molar-refractivity contribution < 1.29 is 9.18 Å². The molecule has 0 atom stereocenters. The molecule has 0 aliphatic rings. The molecule has 0 radical (unpaired) electrons. The molecule has 0 unspecified atom stereocenters. The first-order valence-corrected chi connectivity index (χ1v) is 5.42. The molecule has 2 aromatic carbocycles. The molecule has 2 nitrogen and oxygen atoms in total. The van der Waals surface area contributed by atoms with E-state index in [1.165, 1.54) is 18.2 Å². The van der Waals surface area contributed by atoms with Gasteiger partial charge in [-0.3, -0.25) is 4.79 Å². The highest BCUT2D eigenvalue weighted by Crippen LogP contribution is 2.06. The number of carbonyl (C=O) groups is 1. The molecule has 4 heteroatoms. The second kappa shape index (κ2) is 7.21. The van der Waals surface area contributed by atoms with E-state index < -0.39 is 5.24 Å². The van der Waals surface area contributed by atoms with E-state index in [2.05, 4.69) is 0 Å². The number of halogens is 2. The van der Waals surface area contributed by atoms with E-state index in [-0.39, 0.29) is 5.82 Å². The SMILES string of the molecule is Fc1ccccc1.N#Cc1cccc(C(=O)Cl)c1. The van der Waals surface area contributed by atoms with Gasteiger partial charge in [0.25, 0.3) is 5.24 Å². The van der Waals surface area contributed by atoms with E-state index in [0.717, 1.165) is 0 Å². The monoisotopic (exact) mass is 261 g/mol. The van der Waals surface area contributed by atoms with Crippen molar-refractivity contribution in [3.05, 3.63) is 71.5 Å². The summed E-state index contributed by atoms with van der Waals surface area (Å²) in [5, 5.41) is 7.90. The molecule has 18 heavy (non-hydrogen) atoms. The minimum absolute atomic E-state index is 0.178. The van der Waals surface area contributed by atoms with Gasteiger partial charge < -0.3 is 0 Å². The van der Waals surface area contributed by atoms with Crippen LogP contribution < -0.4 is 0 Å². The summed E-state index contributed by atoms with van der Waals surface area (Å²) in [6.07, 6.45) is 0. The standard InChI is InChI=1S/C8H4ClNO.C6H5F/c9-8(11)7-3-1-2-6(4-7)5-10;7-6-4-2-1-3-5-6/h1-4H;1-5H. The first-order valence-electron chi connectivity index (χ1n) is 5.04. The van der Waals surface area contributed by atoms with E-state index in [0.29, 0.717) is 11.1 Å². The van der Waals surface area contributed by atoms with Gasteiger partial charge in [0.1, 0.15) is 5.82 Å². The molecule has 2 rings (SSSR count). The molecule has 2 aromatic rings. The summed E-state index contributed by atoms with van der Waals surface area (Å²) in [7, 11) is 0. The number of carbonyl (C=O) groups excluding carboxylic acids is 1. The van der Waals surface area contributed by atoms with Crippen molar-refractivity contribution in [3.63, 3.8) is 0 Å². The normalized spacial score (nSPS) is 8.72. The smallest absolute Gasteiger partial charge is 0.252 e. The van der Waals surface area contributed by atoms with Crippen molar-refractivity contribution in [2.75, 3.05) is 0 Å². The third kappa shape index (κ3) is 4.77. The summed E-state index contributed by atoms with van der Waals surface area (Å²) < 4.78 is 11.9. The van der Waals surface area contributed by atoms with Crippen molar-refractivity contribution in [2.45, 2.75) is 0 Å². The fourth-order valence-corrected chi connectivity index (χ4v) is 1.24. The molecule has 90 valence electrons. The van der Waals surface area contributed by atoms with Crippen molar-refractivity contribution in [1.29, 1.82) is 5.26 Å². The van der Waals surface area contributed by atoms with Gasteiger partial charge in [0.05, 0.1) is 11.6 Å². The Hall–Kier alpha value is -2.18. The number of nitrogens with zero attached hydrogens (tertiary/aromatic N) is 1. The van der Waals surface area contributed by atoms with Crippen LogP contribution in [0.15, 0.2) is 54.6 Å². The minimum Gasteiger partial charge on any atom is -0.276 e. The second-order valence-electron chi connectivity index (χ2n) is 3.26. The van der Waals surface area contributed by atoms with Gasteiger partial charge >= 0.3 is 0 Å². The summed E-state index contributed by atoms with van der Waals surface area (Å²) in [6.45, 7) is 0. The Kier molecular flexibility index (Phi) is 5.56. The van der Waals surface area contributed by atoms with Crippen LogP contribution in [0.25, 0.3) is 0 Å². The van der Waals surface area contributed by atoms with Gasteiger partial charge in [-0.1, -0.05) is 30.3 Å². The Morgan fingerprint density at radius 2 is 1.78 bits per heavy atom. The average Bonchev–Trinajstić information content (AvgIpc) is 2.40. The van der Waals surface area contributed by atoms with Gasteiger partial charge in [-0.25, -0.2) is 4.39 Å². The summed E-state index contributed by atoms with van der Waals surface area (Å²) in [5.74, 6) is -0.178. The van der Waals surface area contributed by atoms with Crippen LogP contribution in [-0.4, -0.2) is 5.24 Å². The third-order valence-electron chi connectivity index (χ3n) is 1.95. The molecule has 0 saturated heterocycles. The highest BCUT2D eigenvalue weighted by molar-refractivity contribution is 6.67. The molecule has 0 N–H and O–H groups in total. The second-order valence-corrected chi connectivity index (χ2v) is 3.61. The molecule has 0 saturated carbocycles. The molecule has 0 aromatic heterocycles. The fourth-order valence-electron chi connectivity index (χ4n) is 1.13. The van der Waals surface area contributed by atoms with Crippen molar-refractivity contribution in [1.82, 2.24) is 0 Å². The average molecular weight is 262 g/mol. The molecule has 0 spiro atoms. The minimum atomic E-state index is -0.540. The molecule has 0 bridgehead atoms. The predicted octanol–water partition coefficient (Wildman–Crippen LogP) is 3.76. The lowest BCUT2D eigenvalue weighted by Crippen LogP contribution is -1.88. The van der Waals surface area contributed by atoms with Gasteiger partial charge in [-0.15, -0.1) is 0 Å². The summed E-state index contributed by atoms with van der Waals surface area (Å²) in [5.41, 5.74) is 0.794. The molecular formula is C14H9ClFNO. The van der Waals surface area contributed by atoms with Crippen LogP contribution in [0.5, 0.6) is 0 Å². The molecule has 0 heterocycles. The van der Waals surface area contributed by atoms with Gasteiger partial charge in [0.15, 0.2) is 0 Å². The van der Waals surface area contributed by atoms with Gasteiger partial charge in [0, 0.05) is 5.56 Å². The molecule has 0 aliphatic heterocycles. The van der Waals surface area contributed by atoms with Crippen LogP contribution in [0.2, 0.25) is 0 Å². The van der Waals surface area contributed by atoms with E-state index in [4.69, 9.17) is 16.9 Å². The summed E-state index contributed by atoms with van der Waals surface area (Å²) in [6, 6.07) is 16.1. The molecule has 0 amide bonds. The topological polar surface area (TPSA) is 40.9 Å². The maximum absolute atomic E-state index is 11.9. The van der Waals surface area contributed by atoms with Crippen LogP contribution in [-0.2, 0) is 0 Å². The van der Waals surface area contributed by atoms with Crippen LogP contribution in [0.1, 0.15) is 15.9 Å². The quantitative estimate of drug-likeness (QED) is 0.734. The number of nitriles is 1. The molecule has 0 fully saturated rings. The highest BCUT2D eigenvalue weighted by atomic mass is 35.5. The third-order valence-corrected chi connectivity index (χ3v) is 2.17.